The van der Waals surface area contributed by atoms with Crippen LogP contribution in [0.1, 0.15) is 12.8 Å². The predicted molar refractivity (Wildman–Crippen MR) is 105 cm³/mol. The molecule has 1 aromatic carbocycles. The third kappa shape index (κ3) is 4.14. The Balaban J connectivity index is 1.34. The molecule has 1 saturated heterocycles. The van der Waals surface area contributed by atoms with E-state index in [1.807, 2.05) is 18.2 Å². The summed E-state index contributed by atoms with van der Waals surface area (Å²) >= 11 is 0. The highest BCUT2D eigenvalue weighted by molar-refractivity contribution is 5.92. The molecule has 28 heavy (non-hydrogen) atoms. The second-order valence-electron chi connectivity index (χ2n) is 6.78. The van der Waals surface area contributed by atoms with Crippen molar-refractivity contribution in [1.82, 2.24) is 15.2 Å². The summed E-state index contributed by atoms with van der Waals surface area (Å²) in [7, 11) is 0. The van der Waals surface area contributed by atoms with Crippen LogP contribution in [0.25, 0.3) is 11.3 Å². The van der Waals surface area contributed by atoms with Crippen LogP contribution in [0, 0.1) is 11.7 Å². The monoisotopic (exact) mass is 377 g/mol. The molecule has 1 aliphatic heterocycles. The number of piperidine rings is 1. The van der Waals surface area contributed by atoms with Crippen LogP contribution in [-0.4, -0.2) is 34.2 Å². The molecule has 1 amide bonds. The van der Waals surface area contributed by atoms with Gasteiger partial charge in [0.1, 0.15) is 5.82 Å². The van der Waals surface area contributed by atoms with Crippen molar-refractivity contribution in [3.8, 4) is 11.3 Å². The topological polar surface area (TPSA) is 71.0 Å². The van der Waals surface area contributed by atoms with Crippen molar-refractivity contribution in [1.29, 1.82) is 0 Å². The number of hydrogen-bond acceptors (Lipinski definition) is 5. The number of anilines is 2. The minimum Gasteiger partial charge on any atom is -0.355 e. The molecule has 1 fully saturated rings. The zero-order chi connectivity index (χ0) is 19.3. The molecular weight excluding hydrogens is 357 g/mol. The molecule has 0 aliphatic carbocycles. The number of nitrogens with one attached hydrogen (secondary N) is 1. The summed E-state index contributed by atoms with van der Waals surface area (Å²) in [4.78, 5) is 18.6. The van der Waals surface area contributed by atoms with Gasteiger partial charge in [0.15, 0.2) is 5.82 Å². The first-order valence-corrected chi connectivity index (χ1v) is 9.24. The molecule has 7 heteroatoms. The number of aromatic nitrogens is 3. The van der Waals surface area contributed by atoms with E-state index in [2.05, 4.69) is 25.4 Å². The molecule has 1 aliphatic rings. The lowest BCUT2D eigenvalue weighted by molar-refractivity contribution is -0.120. The van der Waals surface area contributed by atoms with Crippen LogP contribution < -0.4 is 10.2 Å². The minimum atomic E-state index is -0.274. The molecule has 6 nitrogen and oxygen atoms in total. The van der Waals surface area contributed by atoms with Gasteiger partial charge >= 0.3 is 0 Å². The smallest absolute Gasteiger partial charge is 0.227 e. The molecule has 3 aromatic rings. The Hall–Kier alpha value is -3.35. The van der Waals surface area contributed by atoms with E-state index >= 15 is 0 Å². The Kier molecular flexibility index (Phi) is 5.23. The highest BCUT2D eigenvalue weighted by Crippen LogP contribution is 2.24. The van der Waals surface area contributed by atoms with Gasteiger partial charge < -0.3 is 10.2 Å². The van der Waals surface area contributed by atoms with Gasteiger partial charge in [0.05, 0.1) is 17.6 Å². The minimum absolute atomic E-state index is 0.0251. The van der Waals surface area contributed by atoms with Crippen LogP contribution in [0.3, 0.4) is 0 Å². The number of carbonyl (C=O) groups excluding carboxylic acids is 1. The Bertz CT molecular complexity index is 923. The van der Waals surface area contributed by atoms with Crippen LogP contribution in [0.2, 0.25) is 0 Å². The summed E-state index contributed by atoms with van der Waals surface area (Å²) in [6.07, 6.45) is 4.84. The molecule has 142 valence electrons. The molecule has 0 radical (unpaired) electrons. The first-order chi connectivity index (χ1) is 13.7. The van der Waals surface area contributed by atoms with Gasteiger partial charge in [-0.2, -0.15) is 0 Å². The summed E-state index contributed by atoms with van der Waals surface area (Å²) < 4.78 is 13.0. The normalized spacial score (nSPS) is 14.7. The number of hydrogen-bond donors (Lipinski definition) is 1. The van der Waals surface area contributed by atoms with Crippen LogP contribution in [0.5, 0.6) is 0 Å². The lowest BCUT2D eigenvalue weighted by Crippen LogP contribution is -2.38. The maximum atomic E-state index is 13.0. The van der Waals surface area contributed by atoms with Gasteiger partial charge in [0.25, 0.3) is 0 Å². The van der Waals surface area contributed by atoms with Crippen LogP contribution in [0.4, 0.5) is 15.9 Å². The van der Waals surface area contributed by atoms with Crippen LogP contribution in [0.15, 0.2) is 60.9 Å². The quantitative estimate of drug-likeness (QED) is 0.753. The summed E-state index contributed by atoms with van der Waals surface area (Å²) in [6.45, 7) is 1.49. The average Bonchev–Trinajstić information content (AvgIpc) is 2.75. The molecule has 1 N–H and O–H groups in total. The molecule has 4 rings (SSSR count). The molecule has 0 bridgehead atoms. The number of nitrogens with zero attached hydrogens (tertiary/aromatic N) is 4. The lowest BCUT2D eigenvalue weighted by Gasteiger charge is -2.31. The third-order valence-electron chi connectivity index (χ3n) is 4.91. The maximum Gasteiger partial charge on any atom is 0.227 e. The average molecular weight is 377 g/mol. The van der Waals surface area contributed by atoms with Crippen molar-refractivity contribution in [2.75, 3.05) is 23.3 Å². The van der Waals surface area contributed by atoms with Crippen molar-refractivity contribution in [3.63, 3.8) is 0 Å². The third-order valence-corrected chi connectivity index (χ3v) is 4.91. The Morgan fingerprint density at radius 1 is 1.04 bits per heavy atom. The van der Waals surface area contributed by atoms with Crippen molar-refractivity contribution in [2.24, 2.45) is 5.92 Å². The van der Waals surface area contributed by atoms with E-state index in [4.69, 9.17) is 0 Å². The standard InChI is InChI=1S/C21H20FN5O/c22-17-5-3-15(4-6-17)19-7-8-20(26-25-19)27-12-9-16(10-13-27)21(28)24-18-2-1-11-23-14-18/h1-8,11,14,16H,9-10,12-13H2,(H,24,28). The van der Waals surface area contributed by atoms with E-state index in [0.29, 0.717) is 5.69 Å². The Morgan fingerprint density at radius 3 is 2.46 bits per heavy atom. The van der Waals surface area contributed by atoms with Gasteiger partial charge in [-0.1, -0.05) is 0 Å². The van der Waals surface area contributed by atoms with E-state index in [1.54, 1.807) is 30.6 Å². The van der Waals surface area contributed by atoms with Gasteiger partial charge in [-0.3, -0.25) is 9.78 Å². The highest BCUT2D eigenvalue weighted by Gasteiger charge is 2.26. The van der Waals surface area contributed by atoms with Crippen LogP contribution >= 0.6 is 0 Å². The Morgan fingerprint density at radius 2 is 1.82 bits per heavy atom. The van der Waals surface area contributed by atoms with Gasteiger partial charge in [-0.05, 0) is 61.4 Å². The van der Waals surface area contributed by atoms with E-state index in [-0.39, 0.29) is 17.6 Å². The predicted octanol–water partition coefficient (Wildman–Crippen LogP) is 3.53. The molecule has 0 spiro atoms. The van der Waals surface area contributed by atoms with E-state index in [0.717, 1.165) is 43.0 Å². The van der Waals surface area contributed by atoms with Crippen molar-refractivity contribution < 1.29 is 9.18 Å². The van der Waals surface area contributed by atoms with E-state index in [9.17, 15) is 9.18 Å². The Labute approximate surface area is 162 Å². The zero-order valence-electron chi connectivity index (χ0n) is 15.3. The van der Waals surface area contributed by atoms with Crippen molar-refractivity contribution in [3.05, 3.63) is 66.7 Å². The first kappa shape index (κ1) is 18.0. The molecule has 0 saturated carbocycles. The van der Waals surface area contributed by atoms with Gasteiger partial charge in [0, 0.05) is 30.8 Å². The fourth-order valence-electron chi connectivity index (χ4n) is 3.32. The molecule has 2 aromatic heterocycles. The summed E-state index contributed by atoms with van der Waals surface area (Å²) in [5.74, 6) is 0.522. The molecule has 0 atom stereocenters. The lowest BCUT2D eigenvalue weighted by atomic mass is 9.96. The van der Waals surface area contributed by atoms with Gasteiger partial charge in [-0.15, -0.1) is 10.2 Å². The number of benzene rings is 1. The number of rotatable bonds is 4. The summed E-state index contributed by atoms with van der Waals surface area (Å²) in [5.41, 5.74) is 2.25. The largest absolute Gasteiger partial charge is 0.355 e. The number of amides is 1. The first-order valence-electron chi connectivity index (χ1n) is 9.24. The van der Waals surface area contributed by atoms with Crippen molar-refractivity contribution >= 4 is 17.4 Å². The van der Waals surface area contributed by atoms with Crippen molar-refractivity contribution in [2.45, 2.75) is 12.8 Å². The molecule has 0 unspecified atom stereocenters. The summed E-state index contributed by atoms with van der Waals surface area (Å²) in [6, 6.07) is 13.6. The number of pyridine rings is 1. The van der Waals surface area contributed by atoms with E-state index < -0.39 is 0 Å². The fourth-order valence-corrected chi connectivity index (χ4v) is 3.32. The van der Waals surface area contributed by atoms with Crippen LogP contribution in [-0.2, 0) is 4.79 Å². The second-order valence-corrected chi connectivity index (χ2v) is 6.78. The molecule has 3 heterocycles. The highest BCUT2D eigenvalue weighted by atomic mass is 19.1. The fraction of sp³-hybridized carbons (Fsp3) is 0.238. The van der Waals surface area contributed by atoms with Gasteiger partial charge in [0.2, 0.25) is 5.91 Å². The maximum absolute atomic E-state index is 13.0. The second kappa shape index (κ2) is 8.12. The number of halogens is 1. The van der Waals surface area contributed by atoms with E-state index in [1.165, 1.54) is 12.1 Å². The molecular formula is C21H20FN5O. The number of carbonyl (C=O) groups is 1. The summed E-state index contributed by atoms with van der Waals surface area (Å²) in [5, 5.41) is 11.5. The van der Waals surface area contributed by atoms with Gasteiger partial charge in [-0.25, -0.2) is 4.39 Å². The zero-order valence-corrected chi connectivity index (χ0v) is 15.3. The SMILES string of the molecule is O=C(Nc1cccnc1)C1CCN(c2ccc(-c3ccc(F)cc3)nn2)CC1.